The molecule has 0 saturated carbocycles. The third kappa shape index (κ3) is 1.34. The lowest BCUT2D eigenvalue weighted by atomic mass is 9.86. The number of fused-ring (bicyclic) bond motifs is 1. The van der Waals surface area contributed by atoms with E-state index >= 15 is 0 Å². The number of nitrogens with two attached hydrogens (primary N) is 1. The third-order valence-corrected chi connectivity index (χ3v) is 2.60. The normalized spacial score (nSPS) is 27.0. The summed E-state index contributed by atoms with van der Waals surface area (Å²) in [6.45, 7) is 0. The highest BCUT2D eigenvalue weighted by Gasteiger charge is 2.27. The van der Waals surface area contributed by atoms with Gasteiger partial charge in [0.15, 0.2) is 0 Å². The summed E-state index contributed by atoms with van der Waals surface area (Å²) in [5.74, 6) is -0.302. The Morgan fingerprint density at radius 2 is 2.23 bits per heavy atom. The summed E-state index contributed by atoms with van der Waals surface area (Å²) in [5.41, 5.74) is 7.12. The van der Waals surface area contributed by atoms with Gasteiger partial charge < -0.3 is 10.8 Å². The van der Waals surface area contributed by atoms with Crippen LogP contribution in [0.25, 0.3) is 0 Å². The molecular formula is C10H12FNO. The molecule has 0 unspecified atom stereocenters. The van der Waals surface area contributed by atoms with E-state index in [1.807, 2.05) is 6.07 Å². The molecule has 1 aliphatic rings. The first-order chi connectivity index (χ1) is 6.20. The molecule has 0 fully saturated rings. The number of aliphatic hydroxyl groups is 1. The number of hydrogen-bond donors (Lipinski definition) is 2. The molecule has 3 heteroatoms. The van der Waals surface area contributed by atoms with Gasteiger partial charge >= 0.3 is 0 Å². The molecule has 1 aliphatic carbocycles. The first-order valence-corrected chi connectivity index (χ1v) is 4.41. The van der Waals surface area contributed by atoms with Crippen molar-refractivity contribution in [3.63, 3.8) is 0 Å². The van der Waals surface area contributed by atoms with Crippen molar-refractivity contribution >= 4 is 0 Å². The molecule has 0 radical (unpaired) electrons. The van der Waals surface area contributed by atoms with Crippen molar-refractivity contribution < 1.29 is 9.50 Å². The fourth-order valence-corrected chi connectivity index (χ4v) is 1.85. The van der Waals surface area contributed by atoms with Crippen molar-refractivity contribution in [3.8, 4) is 0 Å². The number of aliphatic hydroxyl groups excluding tert-OH is 1. The Morgan fingerprint density at radius 3 is 3.00 bits per heavy atom. The van der Waals surface area contributed by atoms with Crippen molar-refractivity contribution in [2.75, 3.05) is 0 Å². The highest BCUT2D eigenvalue weighted by atomic mass is 19.1. The van der Waals surface area contributed by atoms with Gasteiger partial charge in [-0.15, -0.1) is 0 Å². The largest absolute Gasteiger partial charge is 0.391 e. The van der Waals surface area contributed by atoms with E-state index in [-0.39, 0.29) is 5.82 Å². The van der Waals surface area contributed by atoms with Gasteiger partial charge in [0.05, 0.1) is 12.1 Å². The molecule has 70 valence electrons. The molecule has 0 aromatic heterocycles. The molecule has 3 N–H and O–H groups in total. The van der Waals surface area contributed by atoms with Crippen LogP contribution in [0.2, 0.25) is 0 Å². The lowest BCUT2D eigenvalue weighted by molar-refractivity contribution is 0.126. The second-order valence-electron chi connectivity index (χ2n) is 3.44. The minimum Gasteiger partial charge on any atom is -0.391 e. The molecule has 0 spiro atoms. The first kappa shape index (κ1) is 8.66. The average molecular weight is 181 g/mol. The van der Waals surface area contributed by atoms with E-state index in [4.69, 9.17) is 5.73 Å². The van der Waals surface area contributed by atoms with Crippen LogP contribution in [0.5, 0.6) is 0 Å². The fourth-order valence-electron chi connectivity index (χ4n) is 1.85. The molecule has 1 aromatic rings. The van der Waals surface area contributed by atoms with Gasteiger partial charge in [-0.1, -0.05) is 12.1 Å². The van der Waals surface area contributed by atoms with Gasteiger partial charge in [0.2, 0.25) is 0 Å². The van der Waals surface area contributed by atoms with Crippen molar-refractivity contribution in [3.05, 3.63) is 35.1 Å². The van der Waals surface area contributed by atoms with Crippen LogP contribution in [-0.2, 0) is 6.42 Å². The molecule has 1 aromatic carbocycles. The van der Waals surface area contributed by atoms with Crippen molar-refractivity contribution in [1.82, 2.24) is 0 Å². The lowest BCUT2D eigenvalue weighted by Crippen LogP contribution is -2.32. The summed E-state index contributed by atoms with van der Waals surface area (Å²) in [4.78, 5) is 0. The maximum Gasteiger partial charge on any atom is 0.128 e. The monoisotopic (exact) mass is 181 g/mol. The van der Waals surface area contributed by atoms with E-state index < -0.39 is 12.1 Å². The van der Waals surface area contributed by atoms with Crippen LogP contribution in [0.15, 0.2) is 18.2 Å². The smallest absolute Gasteiger partial charge is 0.128 e. The van der Waals surface area contributed by atoms with Crippen LogP contribution in [0.3, 0.4) is 0 Å². The highest BCUT2D eigenvalue weighted by molar-refractivity contribution is 5.34. The summed E-state index contributed by atoms with van der Waals surface area (Å²) >= 11 is 0. The van der Waals surface area contributed by atoms with E-state index in [1.54, 1.807) is 6.07 Å². The summed E-state index contributed by atoms with van der Waals surface area (Å²) in [6.07, 6.45) is 0.726. The Labute approximate surface area is 76.2 Å². The van der Waals surface area contributed by atoms with Crippen molar-refractivity contribution in [1.29, 1.82) is 0 Å². The van der Waals surface area contributed by atoms with E-state index in [0.717, 1.165) is 5.56 Å². The Hall–Kier alpha value is -0.930. The first-order valence-electron chi connectivity index (χ1n) is 4.41. The maximum absolute atomic E-state index is 13.3. The van der Waals surface area contributed by atoms with Crippen LogP contribution >= 0.6 is 0 Å². The minimum absolute atomic E-state index is 0.302. The molecule has 2 rings (SSSR count). The van der Waals surface area contributed by atoms with Gasteiger partial charge in [0.25, 0.3) is 0 Å². The zero-order valence-corrected chi connectivity index (χ0v) is 7.20. The molecular weight excluding hydrogens is 169 g/mol. The molecule has 0 aliphatic heterocycles. The molecule has 2 atom stereocenters. The third-order valence-electron chi connectivity index (χ3n) is 2.60. The fraction of sp³-hybridized carbons (Fsp3) is 0.400. The highest BCUT2D eigenvalue weighted by Crippen LogP contribution is 2.29. The van der Waals surface area contributed by atoms with Crippen molar-refractivity contribution in [2.45, 2.75) is 25.0 Å². The molecule has 13 heavy (non-hydrogen) atoms. The van der Waals surface area contributed by atoms with E-state index in [9.17, 15) is 9.50 Å². The Balaban J connectivity index is 2.51. The average Bonchev–Trinajstić information content (AvgIpc) is 2.12. The van der Waals surface area contributed by atoms with Gasteiger partial charge in [-0.2, -0.15) is 0 Å². The second kappa shape index (κ2) is 3.09. The summed E-state index contributed by atoms with van der Waals surface area (Å²) in [5, 5.41) is 9.46. The Morgan fingerprint density at radius 1 is 1.46 bits per heavy atom. The quantitative estimate of drug-likeness (QED) is 0.630. The van der Waals surface area contributed by atoms with Gasteiger partial charge in [0.1, 0.15) is 5.82 Å². The van der Waals surface area contributed by atoms with Gasteiger partial charge in [0, 0.05) is 5.56 Å². The zero-order valence-electron chi connectivity index (χ0n) is 7.20. The SMILES string of the molecule is N[C@H]1c2c(F)cccc2CC[C@H]1O. The van der Waals surface area contributed by atoms with Crippen LogP contribution in [-0.4, -0.2) is 11.2 Å². The van der Waals surface area contributed by atoms with E-state index in [1.165, 1.54) is 6.07 Å². The topological polar surface area (TPSA) is 46.2 Å². The molecule has 0 saturated heterocycles. The Kier molecular flexibility index (Phi) is 2.06. The molecule has 2 nitrogen and oxygen atoms in total. The van der Waals surface area contributed by atoms with Crippen molar-refractivity contribution in [2.24, 2.45) is 5.73 Å². The van der Waals surface area contributed by atoms with Crippen LogP contribution in [0.1, 0.15) is 23.6 Å². The number of aryl methyl sites for hydroxylation is 1. The maximum atomic E-state index is 13.3. The van der Waals surface area contributed by atoms with Gasteiger partial charge in [-0.3, -0.25) is 0 Å². The molecule has 0 heterocycles. The Bertz CT molecular complexity index is 327. The van der Waals surface area contributed by atoms with Crippen LogP contribution < -0.4 is 5.73 Å². The van der Waals surface area contributed by atoms with Crippen LogP contribution in [0.4, 0.5) is 4.39 Å². The van der Waals surface area contributed by atoms with E-state index in [0.29, 0.717) is 18.4 Å². The second-order valence-corrected chi connectivity index (χ2v) is 3.44. The lowest BCUT2D eigenvalue weighted by Gasteiger charge is -2.27. The number of halogens is 1. The number of benzene rings is 1. The number of rotatable bonds is 0. The van der Waals surface area contributed by atoms with Gasteiger partial charge in [-0.25, -0.2) is 4.39 Å². The molecule has 0 bridgehead atoms. The summed E-state index contributed by atoms with van der Waals surface area (Å²) in [7, 11) is 0. The molecule has 0 amide bonds. The summed E-state index contributed by atoms with van der Waals surface area (Å²) < 4.78 is 13.3. The standard InChI is InChI=1S/C10H12FNO/c11-7-3-1-2-6-4-5-8(13)10(12)9(6)7/h1-3,8,10,13H,4-5,12H2/t8-,10-/m1/s1. The zero-order chi connectivity index (χ0) is 9.42. The van der Waals surface area contributed by atoms with Gasteiger partial charge in [-0.05, 0) is 24.5 Å². The minimum atomic E-state index is -0.607. The van der Waals surface area contributed by atoms with Crippen LogP contribution in [0, 0.1) is 5.82 Å². The summed E-state index contributed by atoms with van der Waals surface area (Å²) in [6, 6.07) is 4.37. The predicted octanol–water partition coefficient (Wildman–Crippen LogP) is 1.13. The number of hydrogen-bond acceptors (Lipinski definition) is 2. The van der Waals surface area contributed by atoms with E-state index in [2.05, 4.69) is 0 Å². The predicted molar refractivity (Wildman–Crippen MR) is 47.7 cm³/mol.